The number of carbonyl (C=O) groups is 1. The van der Waals surface area contributed by atoms with E-state index in [1.165, 1.54) is 9.47 Å². The number of likely N-dealkylation sites (tertiary alicyclic amines) is 1. The second kappa shape index (κ2) is 10.9. The van der Waals surface area contributed by atoms with Crippen molar-refractivity contribution in [1.82, 2.24) is 24.4 Å². The molecule has 5 rings (SSSR count). The SMILES string of the molecule is CC(C)(C)OC(=O)N1CC[C@H](Nc2nc(N3CCOCC3)cc(-n3c(C(F)F)nc4ccccc43)n2)[C@H](F)C1. The van der Waals surface area contributed by atoms with E-state index in [1.54, 1.807) is 51.1 Å². The van der Waals surface area contributed by atoms with E-state index in [1.807, 2.05) is 4.90 Å². The smallest absolute Gasteiger partial charge is 0.410 e. The van der Waals surface area contributed by atoms with Gasteiger partial charge in [-0.05, 0) is 39.3 Å². The van der Waals surface area contributed by atoms with Crippen LogP contribution in [0.5, 0.6) is 0 Å². The minimum atomic E-state index is -2.84. The number of rotatable bonds is 5. The number of piperidine rings is 1. The summed E-state index contributed by atoms with van der Waals surface area (Å²) in [4.78, 5) is 29.0. The van der Waals surface area contributed by atoms with Gasteiger partial charge in [-0.1, -0.05) is 12.1 Å². The summed E-state index contributed by atoms with van der Waals surface area (Å²) in [5.41, 5.74) is 0.197. The second-order valence-electron chi connectivity index (χ2n) is 10.6. The van der Waals surface area contributed by atoms with Crippen molar-refractivity contribution in [2.45, 2.75) is 51.4 Å². The Labute approximate surface area is 224 Å². The maximum atomic E-state index is 15.3. The molecule has 10 nitrogen and oxygen atoms in total. The highest BCUT2D eigenvalue weighted by molar-refractivity contribution is 5.78. The predicted octanol–water partition coefficient (Wildman–Crippen LogP) is 4.35. The summed E-state index contributed by atoms with van der Waals surface area (Å²) in [7, 11) is 0. The summed E-state index contributed by atoms with van der Waals surface area (Å²) < 4.78 is 55.6. The zero-order valence-electron chi connectivity index (χ0n) is 22.1. The summed E-state index contributed by atoms with van der Waals surface area (Å²) in [5, 5.41) is 3.06. The zero-order chi connectivity index (χ0) is 27.7. The molecule has 2 aliphatic rings. The molecule has 13 heteroatoms. The molecule has 1 N–H and O–H groups in total. The van der Waals surface area contributed by atoms with Crippen LogP contribution in [0, 0.1) is 0 Å². The van der Waals surface area contributed by atoms with E-state index in [2.05, 4.69) is 20.3 Å². The number of amides is 1. The van der Waals surface area contributed by atoms with Gasteiger partial charge in [-0.25, -0.2) is 22.9 Å². The molecule has 2 aromatic heterocycles. The van der Waals surface area contributed by atoms with Gasteiger partial charge in [0, 0.05) is 25.7 Å². The maximum absolute atomic E-state index is 15.3. The number of ether oxygens (including phenoxy) is 2. The minimum absolute atomic E-state index is 0.102. The van der Waals surface area contributed by atoms with Gasteiger partial charge < -0.3 is 24.6 Å². The number of hydrogen-bond acceptors (Lipinski definition) is 8. The number of hydrogen-bond donors (Lipinski definition) is 1. The molecule has 2 atom stereocenters. The Morgan fingerprint density at radius 3 is 2.51 bits per heavy atom. The second-order valence-corrected chi connectivity index (χ2v) is 10.6. The molecule has 1 amide bonds. The molecule has 3 aromatic rings. The highest BCUT2D eigenvalue weighted by atomic mass is 19.3. The number of benzene rings is 1. The molecule has 2 aliphatic heterocycles. The molecule has 1 aromatic carbocycles. The molecule has 0 bridgehead atoms. The fourth-order valence-corrected chi connectivity index (χ4v) is 4.71. The third-order valence-electron chi connectivity index (χ3n) is 6.55. The third-order valence-corrected chi connectivity index (χ3v) is 6.55. The van der Waals surface area contributed by atoms with Crippen LogP contribution in [-0.2, 0) is 9.47 Å². The summed E-state index contributed by atoms with van der Waals surface area (Å²) >= 11 is 0. The van der Waals surface area contributed by atoms with Gasteiger partial charge in [0.25, 0.3) is 6.43 Å². The van der Waals surface area contributed by atoms with Gasteiger partial charge in [0.05, 0.1) is 36.8 Å². The molecule has 210 valence electrons. The molecule has 2 fully saturated rings. The highest BCUT2D eigenvalue weighted by Crippen LogP contribution is 2.30. The Morgan fingerprint density at radius 1 is 1.10 bits per heavy atom. The maximum Gasteiger partial charge on any atom is 0.410 e. The number of carbonyl (C=O) groups excluding carboxylic acids is 1. The van der Waals surface area contributed by atoms with Crippen molar-refractivity contribution < 1.29 is 27.4 Å². The normalized spacial score (nSPS) is 20.5. The highest BCUT2D eigenvalue weighted by Gasteiger charge is 2.34. The molecule has 0 radical (unpaired) electrons. The molecule has 0 aliphatic carbocycles. The number of anilines is 2. The lowest BCUT2D eigenvalue weighted by Gasteiger charge is -2.36. The number of alkyl halides is 3. The van der Waals surface area contributed by atoms with E-state index in [4.69, 9.17) is 9.47 Å². The quantitative estimate of drug-likeness (QED) is 0.504. The Hall–Kier alpha value is -3.61. The molecule has 2 saturated heterocycles. The van der Waals surface area contributed by atoms with Crippen LogP contribution in [0.3, 0.4) is 0 Å². The number of fused-ring (bicyclic) bond motifs is 1. The van der Waals surface area contributed by atoms with Crippen LogP contribution in [-0.4, -0.2) is 87.7 Å². The van der Waals surface area contributed by atoms with Crippen LogP contribution >= 0.6 is 0 Å². The number of morpholine rings is 1. The van der Waals surface area contributed by atoms with Gasteiger partial charge in [0.2, 0.25) is 5.95 Å². The first-order valence-electron chi connectivity index (χ1n) is 13.0. The van der Waals surface area contributed by atoms with Crippen LogP contribution in [0.1, 0.15) is 39.4 Å². The molecule has 0 spiro atoms. The molecule has 0 saturated carbocycles. The van der Waals surface area contributed by atoms with Crippen molar-refractivity contribution in [2.24, 2.45) is 0 Å². The van der Waals surface area contributed by atoms with Crippen LogP contribution in [0.4, 0.5) is 29.7 Å². The van der Waals surface area contributed by atoms with Gasteiger partial charge >= 0.3 is 6.09 Å². The van der Waals surface area contributed by atoms with Gasteiger partial charge in [-0.3, -0.25) is 4.57 Å². The van der Waals surface area contributed by atoms with Crippen molar-refractivity contribution >= 4 is 28.9 Å². The van der Waals surface area contributed by atoms with Crippen LogP contribution < -0.4 is 10.2 Å². The van der Waals surface area contributed by atoms with Crippen LogP contribution in [0.25, 0.3) is 16.9 Å². The van der Waals surface area contributed by atoms with E-state index in [-0.39, 0.29) is 31.3 Å². The first-order chi connectivity index (χ1) is 18.6. The number of halogens is 3. The molecule has 39 heavy (non-hydrogen) atoms. The number of imidazole rings is 1. The number of aromatic nitrogens is 4. The van der Waals surface area contributed by atoms with Crippen LogP contribution in [0.15, 0.2) is 30.3 Å². The molecule has 0 unspecified atom stereocenters. The Balaban J connectivity index is 1.46. The van der Waals surface area contributed by atoms with Crippen molar-refractivity contribution in [3.8, 4) is 5.82 Å². The van der Waals surface area contributed by atoms with Crippen molar-refractivity contribution in [3.05, 3.63) is 36.2 Å². The fraction of sp³-hybridized carbons (Fsp3) is 0.538. The fourth-order valence-electron chi connectivity index (χ4n) is 4.71. The van der Waals surface area contributed by atoms with Gasteiger partial charge in [0.1, 0.15) is 23.4 Å². The minimum Gasteiger partial charge on any atom is -0.444 e. The third kappa shape index (κ3) is 6.02. The lowest BCUT2D eigenvalue weighted by atomic mass is 10.0. The summed E-state index contributed by atoms with van der Waals surface area (Å²) in [6.07, 6.45) is -4.54. The Bertz CT molecular complexity index is 1320. The summed E-state index contributed by atoms with van der Waals surface area (Å²) in [6, 6.07) is 7.77. The topological polar surface area (TPSA) is 97.6 Å². The van der Waals surface area contributed by atoms with E-state index in [0.29, 0.717) is 43.2 Å². The Kier molecular flexibility index (Phi) is 7.52. The van der Waals surface area contributed by atoms with E-state index in [9.17, 15) is 13.6 Å². The zero-order valence-corrected chi connectivity index (χ0v) is 22.1. The average molecular weight is 548 g/mol. The standard InChI is InChI=1S/C26H32F3N7O3/c1-26(2,3)39-25(37)35-9-8-17(16(27)15-35)31-24-32-20(34-10-12-38-13-11-34)14-21(33-24)36-19-7-5-4-6-18(19)30-23(36)22(28)29/h4-7,14,16-17,22H,8-13,15H2,1-3H3,(H,31,32,33)/t16-,17+/m1/s1. The first kappa shape index (κ1) is 27.0. The number of para-hydroxylation sites is 2. The summed E-state index contributed by atoms with van der Waals surface area (Å²) in [6.45, 7) is 7.50. The van der Waals surface area contributed by atoms with E-state index >= 15 is 4.39 Å². The largest absolute Gasteiger partial charge is 0.444 e. The van der Waals surface area contributed by atoms with Crippen molar-refractivity contribution in [3.63, 3.8) is 0 Å². The van der Waals surface area contributed by atoms with Crippen molar-refractivity contribution in [2.75, 3.05) is 49.6 Å². The van der Waals surface area contributed by atoms with Gasteiger partial charge in [-0.15, -0.1) is 0 Å². The molecular weight excluding hydrogens is 515 g/mol. The van der Waals surface area contributed by atoms with Crippen molar-refractivity contribution in [1.29, 1.82) is 0 Å². The first-order valence-corrected chi connectivity index (χ1v) is 13.0. The van der Waals surface area contributed by atoms with E-state index in [0.717, 1.165) is 0 Å². The lowest BCUT2D eigenvalue weighted by molar-refractivity contribution is 0.0125. The van der Waals surface area contributed by atoms with Crippen LogP contribution in [0.2, 0.25) is 0 Å². The van der Waals surface area contributed by atoms with Gasteiger partial charge in [-0.2, -0.15) is 9.97 Å². The number of nitrogens with zero attached hydrogens (tertiary/aromatic N) is 6. The molecule has 4 heterocycles. The molecular formula is C26H32F3N7O3. The average Bonchev–Trinajstić information content (AvgIpc) is 3.29. The van der Waals surface area contributed by atoms with E-state index < -0.39 is 36.2 Å². The summed E-state index contributed by atoms with van der Waals surface area (Å²) in [5.74, 6) is 0.359. The monoisotopic (exact) mass is 547 g/mol. The van der Waals surface area contributed by atoms with Gasteiger partial charge in [0.15, 0.2) is 5.82 Å². The number of nitrogens with one attached hydrogen (secondary N) is 1. The Morgan fingerprint density at radius 2 is 1.82 bits per heavy atom. The predicted molar refractivity (Wildman–Crippen MR) is 139 cm³/mol. The lowest BCUT2D eigenvalue weighted by Crippen LogP contribution is -2.51.